The number of carbonyl (C=O) groups excluding carboxylic acids is 1. The van der Waals surface area contributed by atoms with E-state index in [-0.39, 0.29) is 24.2 Å². The van der Waals surface area contributed by atoms with E-state index in [0.29, 0.717) is 37.1 Å². The lowest BCUT2D eigenvalue weighted by Gasteiger charge is -2.41. The second-order valence-corrected chi connectivity index (χ2v) is 10.8. The van der Waals surface area contributed by atoms with Gasteiger partial charge in [0.1, 0.15) is 30.2 Å². The monoisotopic (exact) mass is 565 g/mol. The molecule has 3 heterocycles. The summed E-state index contributed by atoms with van der Waals surface area (Å²) < 4.78 is 43.3. The number of rotatable bonds is 7. The van der Waals surface area contributed by atoms with Crippen molar-refractivity contribution in [2.75, 3.05) is 33.4 Å². The number of hydrogen-bond acceptors (Lipinski definition) is 5. The van der Waals surface area contributed by atoms with Crippen LogP contribution in [0.15, 0.2) is 73.3 Å². The predicted molar refractivity (Wildman–Crippen MR) is 149 cm³/mol. The lowest BCUT2D eigenvalue weighted by Crippen LogP contribution is -2.54. The minimum atomic E-state index is -1.29. The quantitative estimate of drug-likeness (QED) is 0.446. The van der Waals surface area contributed by atoms with E-state index in [1.165, 1.54) is 11.2 Å². The normalized spacial score (nSPS) is 23.2. The van der Waals surface area contributed by atoms with Crippen molar-refractivity contribution in [1.29, 1.82) is 0 Å². The van der Waals surface area contributed by atoms with Gasteiger partial charge in [0.15, 0.2) is 0 Å². The molecule has 3 aromatic rings. The predicted octanol–water partition coefficient (Wildman–Crippen LogP) is 4.79. The van der Waals surface area contributed by atoms with Gasteiger partial charge in [-0.05, 0) is 61.2 Å². The smallest absolute Gasteiger partial charge is 0.321 e. The number of hydrogen-bond donors (Lipinski definition) is 1. The zero-order chi connectivity index (χ0) is 29.0. The van der Waals surface area contributed by atoms with Crippen molar-refractivity contribution in [1.82, 2.24) is 24.7 Å². The summed E-state index contributed by atoms with van der Waals surface area (Å²) in [5.41, 5.74) is 0.702. The molecule has 1 aromatic heterocycles. The van der Waals surface area contributed by atoms with Crippen molar-refractivity contribution >= 4 is 11.6 Å². The van der Waals surface area contributed by atoms with Crippen molar-refractivity contribution in [3.8, 4) is 0 Å². The van der Waals surface area contributed by atoms with E-state index < -0.39 is 36.5 Å². The zero-order valence-corrected chi connectivity index (χ0v) is 23.0. The topological polar surface area (TPSA) is 72.8 Å². The molecule has 0 aliphatic carbocycles. The number of urea groups is 1. The van der Waals surface area contributed by atoms with Crippen LogP contribution in [-0.2, 0) is 12.1 Å². The van der Waals surface area contributed by atoms with Crippen LogP contribution in [0, 0.1) is 11.6 Å². The number of aliphatic hydroxyl groups is 1. The maximum Gasteiger partial charge on any atom is 0.321 e. The van der Waals surface area contributed by atoms with Crippen LogP contribution in [0.4, 0.5) is 18.0 Å². The third-order valence-electron chi connectivity index (χ3n) is 8.31. The maximum atomic E-state index is 14.8. The van der Waals surface area contributed by atoms with E-state index in [4.69, 9.17) is 0 Å². The molecular weight excluding hydrogens is 531 g/mol. The first-order valence-electron chi connectivity index (χ1n) is 13.8. The van der Waals surface area contributed by atoms with Crippen LogP contribution in [-0.4, -0.2) is 81.3 Å². The van der Waals surface area contributed by atoms with Gasteiger partial charge in [-0.1, -0.05) is 30.3 Å². The van der Waals surface area contributed by atoms with E-state index in [1.54, 1.807) is 54.7 Å². The lowest BCUT2D eigenvalue weighted by molar-refractivity contribution is 0.0741. The van der Waals surface area contributed by atoms with Gasteiger partial charge in [-0.2, -0.15) is 0 Å². The molecule has 2 aliphatic rings. The maximum absolute atomic E-state index is 14.8. The first-order valence-corrected chi connectivity index (χ1v) is 13.8. The first-order chi connectivity index (χ1) is 19.9. The number of nitrogens with zero attached hydrogens (tertiary/aromatic N) is 5. The molecule has 2 aromatic carbocycles. The summed E-state index contributed by atoms with van der Waals surface area (Å²) in [7, 11) is 1.69. The van der Waals surface area contributed by atoms with Crippen molar-refractivity contribution in [2.24, 2.45) is 0 Å². The highest BCUT2D eigenvalue weighted by Gasteiger charge is 2.46. The van der Waals surface area contributed by atoms with Crippen molar-refractivity contribution in [2.45, 2.75) is 43.4 Å². The number of alkyl halides is 1. The molecule has 41 heavy (non-hydrogen) atoms. The molecule has 1 saturated heterocycles. The molecule has 7 nitrogen and oxygen atoms in total. The molecule has 0 bridgehead atoms. The van der Waals surface area contributed by atoms with Crippen LogP contribution in [0.3, 0.4) is 0 Å². The Morgan fingerprint density at radius 2 is 1.90 bits per heavy atom. The Morgan fingerprint density at radius 3 is 2.61 bits per heavy atom. The fraction of sp³-hybridized carbons (Fsp3) is 0.387. The summed E-state index contributed by atoms with van der Waals surface area (Å²) in [5, 5.41) is 10.8. The third-order valence-corrected chi connectivity index (χ3v) is 8.31. The van der Waals surface area contributed by atoms with E-state index >= 15 is 0 Å². The Bertz CT molecular complexity index is 1380. The molecule has 2 aliphatic heterocycles. The molecule has 2 unspecified atom stereocenters. The highest BCUT2D eigenvalue weighted by atomic mass is 19.1. The Morgan fingerprint density at radius 1 is 1.15 bits per heavy atom. The number of benzene rings is 2. The van der Waals surface area contributed by atoms with Gasteiger partial charge in [0.05, 0.1) is 6.61 Å². The van der Waals surface area contributed by atoms with Gasteiger partial charge in [-0.15, -0.1) is 0 Å². The van der Waals surface area contributed by atoms with Crippen LogP contribution in [0.25, 0.3) is 5.57 Å². The van der Waals surface area contributed by atoms with Gasteiger partial charge in [-0.25, -0.2) is 27.9 Å². The van der Waals surface area contributed by atoms with Crippen molar-refractivity contribution in [3.05, 3.63) is 102 Å². The summed E-state index contributed by atoms with van der Waals surface area (Å²) >= 11 is 0. The van der Waals surface area contributed by atoms with E-state index in [1.807, 2.05) is 6.07 Å². The first kappa shape index (κ1) is 28.8. The van der Waals surface area contributed by atoms with Gasteiger partial charge >= 0.3 is 6.03 Å². The number of amides is 2. The number of halogens is 3. The Kier molecular flexibility index (Phi) is 8.70. The van der Waals surface area contributed by atoms with Gasteiger partial charge in [0.2, 0.25) is 0 Å². The van der Waals surface area contributed by atoms with E-state index in [2.05, 4.69) is 14.9 Å². The molecule has 5 rings (SSSR count). The molecule has 1 fully saturated rings. The molecule has 1 N–H and O–H groups in total. The number of aromatic nitrogens is 2. The van der Waals surface area contributed by atoms with Gasteiger partial charge in [-0.3, -0.25) is 4.90 Å². The van der Waals surface area contributed by atoms with Gasteiger partial charge < -0.3 is 14.9 Å². The second-order valence-electron chi connectivity index (χ2n) is 10.8. The van der Waals surface area contributed by atoms with Crippen LogP contribution in [0.2, 0.25) is 0 Å². The highest BCUT2D eigenvalue weighted by molar-refractivity contribution is 5.83. The summed E-state index contributed by atoms with van der Waals surface area (Å²) in [6.45, 7) is 0.131. The fourth-order valence-electron chi connectivity index (χ4n) is 6.06. The summed E-state index contributed by atoms with van der Waals surface area (Å²) in [5.74, 6) is -1.21. The Balaban J connectivity index is 1.42. The van der Waals surface area contributed by atoms with Crippen LogP contribution in [0.1, 0.15) is 36.0 Å². The zero-order valence-electron chi connectivity index (χ0n) is 23.0. The molecular formula is C31H34F3N5O2. The number of aliphatic hydroxyl groups excluding tert-OH is 1. The molecule has 0 saturated carbocycles. The van der Waals surface area contributed by atoms with E-state index in [0.717, 1.165) is 30.2 Å². The minimum Gasteiger partial charge on any atom is -0.393 e. The summed E-state index contributed by atoms with van der Waals surface area (Å²) in [6, 6.07) is 11.2. The molecule has 2 amide bonds. The Hall–Kier alpha value is -3.76. The largest absolute Gasteiger partial charge is 0.393 e. The molecule has 0 spiro atoms. The highest BCUT2D eigenvalue weighted by Crippen LogP contribution is 2.41. The summed E-state index contributed by atoms with van der Waals surface area (Å²) in [4.78, 5) is 27.5. The molecule has 216 valence electrons. The lowest BCUT2D eigenvalue weighted by atomic mass is 9.89. The second kappa shape index (κ2) is 12.4. The van der Waals surface area contributed by atoms with Crippen molar-refractivity contribution < 1.29 is 23.1 Å². The van der Waals surface area contributed by atoms with Crippen LogP contribution < -0.4 is 0 Å². The standard InChI is InChI=1S/C31H34F3N5O2/c1-37(26-8-5-11-38(27(13-26)15-32)18-22-16-35-21-36-17-22)30(41)39-19-23(28-12-25(33)9-10-29(28)34)14-31(39,20-40)24-6-3-2-4-7-24/h2-4,6-7,9-10,12,14,16-17,21,26-27,40H,5,8,11,13,15,18-20H2,1H3/t26?,27?,31-/m1/s1. The van der Waals surface area contributed by atoms with Gasteiger partial charge in [0, 0.05) is 55.7 Å². The van der Waals surface area contributed by atoms with Crippen LogP contribution >= 0.6 is 0 Å². The molecule has 10 heteroatoms. The average molecular weight is 566 g/mol. The van der Waals surface area contributed by atoms with Gasteiger partial charge in [0.25, 0.3) is 0 Å². The third kappa shape index (κ3) is 5.85. The molecule has 3 atom stereocenters. The average Bonchev–Trinajstić information content (AvgIpc) is 3.29. The van der Waals surface area contributed by atoms with E-state index in [9.17, 15) is 23.1 Å². The Labute approximate surface area is 237 Å². The summed E-state index contributed by atoms with van der Waals surface area (Å²) in [6.07, 6.45) is 8.41. The van der Waals surface area contributed by atoms with Crippen molar-refractivity contribution in [3.63, 3.8) is 0 Å². The minimum absolute atomic E-state index is 0.0294. The fourth-order valence-corrected chi connectivity index (χ4v) is 6.06. The SMILES string of the molecule is CN(C(=O)N1CC(c2cc(F)ccc2F)=C[C@@]1(CO)c1ccccc1)C1CCCN(Cc2cncnc2)C(CF)C1. The number of carbonyl (C=O) groups is 1. The number of likely N-dealkylation sites (tertiary alicyclic amines) is 1. The molecule has 0 radical (unpaired) electrons. The van der Waals surface area contributed by atoms with Crippen LogP contribution in [0.5, 0.6) is 0 Å².